The second-order valence-corrected chi connectivity index (χ2v) is 5.24. The molecule has 2 heterocycles. The predicted octanol–water partition coefficient (Wildman–Crippen LogP) is 2.73. The molecule has 16 heavy (non-hydrogen) atoms. The van der Waals surface area contributed by atoms with Gasteiger partial charge in [0.15, 0.2) is 5.65 Å². The molecule has 0 unspecified atom stereocenters. The van der Waals surface area contributed by atoms with E-state index in [9.17, 15) is 0 Å². The van der Waals surface area contributed by atoms with Crippen LogP contribution in [-0.2, 0) is 0 Å². The first kappa shape index (κ1) is 10.1. The van der Waals surface area contributed by atoms with Crippen molar-refractivity contribution in [3.8, 4) is 0 Å². The van der Waals surface area contributed by atoms with E-state index in [1.807, 2.05) is 6.20 Å². The van der Waals surface area contributed by atoms with E-state index < -0.39 is 0 Å². The van der Waals surface area contributed by atoms with Gasteiger partial charge in [-0.25, -0.2) is 9.50 Å². The van der Waals surface area contributed by atoms with Gasteiger partial charge >= 0.3 is 0 Å². The molecule has 4 nitrogen and oxygen atoms in total. The lowest BCUT2D eigenvalue weighted by Gasteiger charge is -2.04. The van der Waals surface area contributed by atoms with E-state index in [1.54, 1.807) is 10.7 Å². The van der Waals surface area contributed by atoms with Gasteiger partial charge in [0.1, 0.15) is 5.69 Å². The van der Waals surface area contributed by atoms with E-state index in [-0.39, 0.29) is 0 Å². The van der Waals surface area contributed by atoms with E-state index in [1.165, 1.54) is 25.7 Å². The van der Waals surface area contributed by atoms with Crippen LogP contribution in [0.15, 0.2) is 16.9 Å². The topological polar surface area (TPSA) is 56.2 Å². The van der Waals surface area contributed by atoms with Crippen LogP contribution in [0.4, 0.5) is 5.69 Å². The standard InChI is InChI=1S/C11H13BrN4/c12-8-5-14-11-9(13)10(15-16(11)6-8)7-3-1-2-4-7/h5-7H,1-4,13H2. The molecule has 0 aromatic carbocycles. The van der Waals surface area contributed by atoms with E-state index in [0.29, 0.717) is 5.92 Å². The molecule has 1 fully saturated rings. The number of halogens is 1. The van der Waals surface area contributed by atoms with Crippen molar-refractivity contribution in [1.82, 2.24) is 14.6 Å². The fourth-order valence-electron chi connectivity index (χ4n) is 2.45. The Kier molecular flexibility index (Phi) is 2.35. The average molecular weight is 281 g/mol. The molecule has 0 aliphatic heterocycles. The summed E-state index contributed by atoms with van der Waals surface area (Å²) < 4.78 is 2.69. The maximum absolute atomic E-state index is 6.11. The highest BCUT2D eigenvalue weighted by Gasteiger charge is 2.23. The second-order valence-electron chi connectivity index (χ2n) is 4.32. The third kappa shape index (κ3) is 1.50. The summed E-state index contributed by atoms with van der Waals surface area (Å²) in [5, 5.41) is 4.55. The summed E-state index contributed by atoms with van der Waals surface area (Å²) in [6, 6.07) is 0. The fraction of sp³-hybridized carbons (Fsp3) is 0.455. The molecule has 1 saturated carbocycles. The third-order valence-corrected chi connectivity index (χ3v) is 3.66. The molecule has 0 saturated heterocycles. The first-order chi connectivity index (χ1) is 7.75. The van der Waals surface area contributed by atoms with Crippen LogP contribution < -0.4 is 5.73 Å². The van der Waals surface area contributed by atoms with Crippen molar-refractivity contribution >= 4 is 27.3 Å². The van der Waals surface area contributed by atoms with Crippen molar-refractivity contribution in [1.29, 1.82) is 0 Å². The Morgan fingerprint density at radius 2 is 2.12 bits per heavy atom. The molecule has 0 amide bonds. The fourth-order valence-corrected chi connectivity index (χ4v) is 2.74. The molecule has 2 N–H and O–H groups in total. The zero-order chi connectivity index (χ0) is 11.1. The molecule has 1 aliphatic rings. The van der Waals surface area contributed by atoms with Gasteiger partial charge in [0, 0.05) is 18.3 Å². The van der Waals surface area contributed by atoms with Crippen LogP contribution in [0.25, 0.3) is 5.65 Å². The summed E-state index contributed by atoms with van der Waals surface area (Å²) in [4.78, 5) is 4.30. The molecule has 1 aliphatic carbocycles. The Labute approximate surface area is 102 Å². The Morgan fingerprint density at radius 3 is 2.88 bits per heavy atom. The zero-order valence-corrected chi connectivity index (χ0v) is 10.4. The third-order valence-electron chi connectivity index (χ3n) is 3.25. The van der Waals surface area contributed by atoms with E-state index in [0.717, 1.165) is 21.5 Å². The number of fused-ring (bicyclic) bond motifs is 1. The number of nitrogen functional groups attached to an aromatic ring is 1. The molecule has 0 spiro atoms. The van der Waals surface area contributed by atoms with Gasteiger partial charge in [-0.1, -0.05) is 12.8 Å². The smallest absolute Gasteiger partial charge is 0.178 e. The summed E-state index contributed by atoms with van der Waals surface area (Å²) in [5.41, 5.74) is 8.66. The van der Waals surface area contributed by atoms with Crippen molar-refractivity contribution in [2.75, 3.05) is 5.73 Å². The molecule has 2 aromatic heterocycles. The van der Waals surface area contributed by atoms with Gasteiger partial charge in [-0.3, -0.25) is 0 Å². The maximum Gasteiger partial charge on any atom is 0.178 e. The van der Waals surface area contributed by atoms with E-state index in [2.05, 4.69) is 26.0 Å². The van der Waals surface area contributed by atoms with Crippen LogP contribution in [0, 0.1) is 0 Å². The van der Waals surface area contributed by atoms with Gasteiger partial charge in [0.25, 0.3) is 0 Å². The molecule has 0 atom stereocenters. The molecule has 3 rings (SSSR count). The van der Waals surface area contributed by atoms with Gasteiger partial charge in [-0.15, -0.1) is 0 Å². The van der Waals surface area contributed by atoms with Gasteiger partial charge in [-0.2, -0.15) is 5.10 Å². The van der Waals surface area contributed by atoms with Crippen LogP contribution >= 0.6 is 15.9 Å². The number of nitrogens with two attached hydrogens (primary N) is 1. The molecular formula is C11H13BrN4. The second kappa shape index (κ2) is 3.73. The normalized spacial score (nSPS) is 17.3. The number of anilines is 1. The highest BCUT2D eigenvalue weighted by molar-refractivity contribution is 9.10. The number of aromatic nitrogens is 3. The van der Waals surface area contributed by atoms with Crippen LogP contribution in [0.1, 0.15) is 37.3 Å². The average Bonchev–Trinajstić information content (AvgIpc) is 2.86. The monoisotopic (exact) mass is 280 g/mol. The van der Waals surface area contributed by atoms with Crippen LogP contribution in [0.5, 0.6) is 0 Å². The number of rotatable bonds is 1. The Bertz CT molecular complexity index is 528. The van der Waals surface area contributed by atoms with Crippen LogP contribution in [0.3, 0.4) is 0 Å². The Hall–Kier alpha value is -1.10. The lowest BCUT2D eigenvalue weighted by atomic mass is 10.0. The van der Waals surface area contributed by atoms with Crippen molar-refractivity contribution in [3.05, 3.63) is 22.6 Å². The summed E-state index contributed by atoms with van der Waals surface area (Å²) >= 11 is 3.39. The van der Waals surface area contributed by atoms with Crippen molar-refractivity contribution in [3.63, 3.8) is 0 Å². The minimum atomic E-state index is 0.528. The molecule has 5 heteroatoms. The van der Waals surface area contributed by atoms with Gasteiger partial charge in [0.05, 0.1) is 10.2 Å². The van der Waals surface area contributed by atoms with Crippen molar-refractivity contribution in [2.24, 2.45) is 0 Å². The zero-order valence-electron chi connectivity index (χ0n) is 8.86. The maximum atomic E-state index is 6.11. The lowest BCUT2D eigenvalue weighted by molar-refractivity contribution is 0.686. The number of nitrogens with zero attached hydrogens (tertiary/aromatic N) is 3. The predicted molar refractivity (Wildman–Crippen MR) is 66.3 cm³/mol. The van der Waals surface area contributed by atoms with E-state index in [4.69, 9.17) is 5.73 Å². The summed E-state index contributed by atoms with van der Waals surface area (Å²) in [7, 11) is 0. The molecule has 84 valence electrons. The summed E-state index contributed by atoms with van der Waals surface area (Å²) in [5.74, 6) is 0.528. The van der Waals surface area contributed by atoms with Gasteiger partial charge in [-0.05, 0) is 28.8 Å². The van der Waals surface area contributed by atoms with E-state index >= 15 is 0 Å². The highest BCUT2D eigenvalue weighted by atomic mass is 79.9. The largest absolute Gasteiger partial charge is 0.394 e. The summed E-state index contributed by atoms with van der Waals surface area (Å²) in [6.45, 7) is 0. The summed E-state index contributed by atoms with van der Waals surface area (Å²) in [6.07, 6.45) is 8.64. The molecule has 0 radical (unpaired) electrons. The first-order valence-electron chi connectivity index (χ1n) is 5.55. The Morgan fingerprint density at radius 1 is 1.38 bits per heavy atom. The number of hydrogen-bond donors (Lipinski definition) is 1. The highest BCUT2D eigenvalue weighted by Crippen LogP contribution is 2.37. The molecule has 0 bridgehead atoms. The first-order valence-corrected chi connectivity index (χ1v) is 6.34. The molecule has 2 aromatic rings. The van der Waals surface area contributed by atoms with Gasteiger partial charge in [0.2, 0.25) is 0 Å². The van der Waals surface area contributed by atoms with Crippen LogP contribution in [-0.4, -0.2) is 14.6 Å². The SMILES string of the molecule is Nc1c(C2CCCC2)nn2cc(Br)cnc12. The molecular weight excluding hydrogens is 268 g/mol. The lowest BCUT2D eigenvalue weighted by Crippen LogP contribution is -1.97. The van der Waals surface area contributed by atoms with Crippen LogP contribution in [0.2, 0.25) is 0 Å². The quantitative estimate of drug-likeness (QED) is 0.874. The minimum absolute atomic E-state index is 0.528. The minimum Gasteiger partial charge on any atom is -0.394 e. The van der Waals surface area contributed by atoms with Gasteiger partial charge < -0.3 is 5.73 Å². The van der Waals surface area contributed by atoms with Crippen molar-refractivity contribution in [2.45, 2.75) is 31.6 Å². The van der Waals surface area contributed by atoms with Crippen molar-refractivity contribution < 1.29 is 0 Å². The number of hydrogen-bond acceptors (Lipinski definition) is 3. The Balaban J connectivity index is 2.14.